The largest absolute Gasteiger partial charge is 0.368 e. The van der Waals surface area contributed by atoms with Crippen LogP contribution in [-0.4, -0.2) is 41.0 Å². The predicted octanol–water partition coefficient (Wildman–Crippen LogP) is 1.28. The summed E-state index contributed by atoms with van der Waals surface area (Å²) in [4.78, 5) is 20.0. The van der Waals surface area contributed by atoms with Gasteiger partial charge in [0.25, 0.3) is 5.56 Å². The number of halogens is 1. The van der Waals surface area contributed by atoms with Gasteiger partial charge in [0.15, 0.2) is 0 Å². The van der Waals surface area contributed by atoms with Crippen molar-refractivity contribution >= 4 is 21.7 Å². The van der Waals surface area contributed by atoms with Gasteiger partial charge in [-0.05, 0) is 36.8 Å². The monoisotopic (exact) mass is 288 g/mol. The molecule has 0 fully saturated rings. The van der Waals surface area contributed by atoms with E-state index in [-0.39, 0.29) is 5.56 Å². The minimum absolute atomic E-state index is 0.172. The fraction of sp³-hybridized carbons (Fsp3) is 0.600. The number of anilines is 1. The van der Waals surface area contributed by atoms with Crippen LogP contribution in [0.4, 0.5) is 5.82 Å². The van der Waals surface area contributed by atoms with Crippen molar-refractivity contribution in [1.82, 2.24) is 14.9 Å². The SMILES string of the molecule is CC(C)N(C)CCNc1nc[nH]c(=O)c1Br. The third kappa shape index (κ3) is 3.61. The number of nitrogens with one attached hydrogen (secondary N) is 2. The van der Waals surface area contributed by atoms with Crippen molar-refractivity contribution in [2.24, 2.45) is 0 Å². The quantitative estimate of drug-likeness (QED) is 0.857. The average Bonchev–Trinajstić information content (AvgIpc) is 2.24. The molecule has 6 heteroatoms. The molecule has 0 amide bonds. The molecule has 1 aromatic heterocycles. The number of rotatable bonds is 5. The molecule has 2 N–H and O–H groups in total. The lowest BCUT2D eigenvalue weighted by Gasteiger charge is -2.21. The Bertz CT molecular complexity index is 391. The molecule has 1 aromatic rings. The van der Waals surface area contributed by atoms with Gasteiger partial charge in [-0.15, -0.1) is 0 Å². The highest BCUT2D eigenvalue weighted by atomic mass is 79.9. The first-order chi connectivity index (χ1) is 7.52. The van der Waals surface area contributed by atoms with E-state index in [4.69, 9.17) is 0 Å². The Hall–Kier alpha value is -0.880. The number of hydrogen-bond donors (Lipinski definition) is 2. The molecule has 0 aromatic carbocycles. The number of hydrogen-bond acceptors (Lipinski definition) is 4. The summed E-state index contributed by atoms with van der Waals surface area (Å²) in [6.07, 6.45) is 1.39. The molecular weight excluding hydrogens is 272 g/mol. The Morgan fingerprint density at radius 2 is 2.31 bits per heavy atom. The smallest absolute Gasteiger partial charge is 0.267 e. The molecule has 90 valence electrons. The summed E-state index contributed by atoms with van der Waals surface area (Å²) >= 11 is 3.19. The minimum Gasteiger partial charge on any atom is -0.368 e. The second kappa shape index (κ2) is 6.00. The fourth-order valence-corrected chi connectivity index (χ4v) is 1.47. The zero-order valence-electron chi connectivity index (χ0n) is 9.75. The van der Waals surface area contributed by atoms with Crippen molar-refractivity contribution < 1.29 is 0 Å². The Labute approximate surface area is 103 Å². The number of likely N-dealkylation sites (N-methyl/N-ethyl adjacent to an activating group) is 1. The van der Waals surface area contributed by atoms with Crippen LogP contribution in [0.2, 0.25) is 0 Å². The molecule has 5 nitrogen and oxygen atoms in total. The van der Waals surface area contributed by atoms with Crippen LogP contribution in [0.25, 0.3) is 0 Å². The zero-order valence-corrected chi connectivity index (χ0v) is 11.3. The van der Waals surface area contributed by atoms with E-state index in [1.54, 1.807) is 0 Å². The summed E-state index contributed by atoms with van der Waals surface area (Å²) in [5, 5.41) is 3.12. The first-order valence-electron chi connectivity index (χ1n) is 5.19. The third-order valence-electron chi connectivity index (χ3n) is 2.44. The maximum Gasteiger partial charge on any atom is 0.267 e. The van der Waals surface area contributed by atoms with E-state index in [2.05, 4.69) is 57.0 Å². The summed E-state index contributed by atoms with van der Waals surface area (Å²) in [5.74, 6) is 0.584. The van der Waals surface area contributed by atoms with Gasteiger partial charge in [-0.2, -0.15) is 0 Å². The second-order valence-electron chi connectivity index (χ2n) is 3.90. The van der Waals surface area contributed by atoms with Crippen LogP contribution < -0.4 is 10.9 Å². The number of aromatic nitrogens is 2. The first kappa shape index (κ1) is 13.2. The van der Waals surface area contributed by atoms with Crippen LogP contribution in [0.1, 0.15) is 13.8 Å². The molecule has 0 saturated carbocycles. The molecule has 0 aliphatic carbocycles. The second-order valence-corrected chi connectivity index (χ2v) is 4.69. The lowest BCUT2D eigenvalue weighted by atomic mass is 10.3. The number of H-pyrrole nitrogens is 1. The maximum atomic E-state index is 11.3. The molecule has 0 unspecified atom stereocenters. The van der Waals surface area contributed by atoms with Gasteiger partial charge in [-0.25, -0.2) is 4.98 Å². The van der Waals surface area contributed by atoms with Crippen LogP contribution in [-0.2, 0) is 0 Å². The molecule has 0 saturated heterocycles. The van der Waals surface area contributed by atoms with Crippen molar-refractivity contribution in [3.63, 3.8) is 0 Å². The van der Waals surface area contributed by atoms with Gasteiger partial charge in [0.2, 0.25) is 0 Å². The molecule has 0 aliphatic rings. The molecule has 0 aliphatic heterocycles. The van der Waals surface area contributed by atoms with Gasteiger partial charge < -0.3 is 15.2 Å². The van der Waals surface area contributed by atoms with Crippen molar-refractivity contribution in [1.29, 1.82) is 0 Å². The van der Waals surface area contributed by atoms with Gasteiger partial charge in [-0.3, -0.25) is 4.79 Å². The first-order valence-corrected chi connectivity index (χ1v) is 5.99. The van der Waals surface area contributed by atoms with Crippen molar-refractivity contribution in [3.05, 3.63) is 21.2 Å². The van der Waals surface area contributed by atoms with Crippen LogP contribution in [0, 0.1) is 0 Å². The Kier molecular flexibility index (Phi) is 4.95. The van der Waals surface area contributed by atoms with Crippen molar-refractivity contribution in [2.75, 3.05) is 25.5 Å². The summed E-state index contributed by atoms with van der Waals surface area (Å²) in [6.45, 7) is 5.94. The fourth-order valence-electron chi connectivity index (χ4n) is 1.12. The highest BCUT2D eigenvalue weighted by molar-refractivity contribution is 9.10. The van der Waals surface area contributed by atoms with Crippen molar-refractivity contribution in [2.45, 2.75) is 19.9 Å². The lowest BCUT2D eigenvalue weighted by Crippen LogP contribution is -2.31. The maximum absolute atomic E-state index is 11.3. The van der Waals surface area contributed by atoms with E-state index in [0.29, 0.717) is 16.3 Å². The van der Waals surface area contributed by atoms with E-state index in [1.807, 2.05) is 0 Å². The van der Waals surface area contributed by atoms with Gasteiger partial charge in [0.05, 0.1) is 6.33 Å². The van der Waals surface area contributed by atoms with E-state index in [0.717, 1.165) is 13.1 Å². The van der Waals surface area contributed by atoms with Crippen molar-refractivity contribution in [3.8, 4) is 0 Å². The summed E-state index contributed by atoms with van der Waals surface area (Å²) in [7, 11) is 2.06. The molecule has 1 heterocycles. The zero-order chi connectivity index (χ0) is 12.1. The average molecular weight is 289 g/mol. The standard InChI is InChI=1S/C10H17BrN4O/c1-7(2)15(3)5-4-12-9-8(11)10(16)14-6-13-9/h6-7H,4-5H2,1-3H3,(H2,12,13,14,16). The summed E-state index contributed by atoms with van der Waals surface area (Å²) < 4.78 is 0.446. The lowest BCUT2D eigenvalue weighted by molar-refractivity contribution is 0.284. The van der Waals surface area contributed by atoms with E-state index < -0.39 is 0 Å². The molecule has 0 spiro atoms. The minimum atomic E-state index is -0.172. The van der Waals surface area contributed by atoms with Crippen LogP contribution in [0.5, 0.6) is 0 Å². The Balaban J connectivity index is 2.49. The molecule has 16 heavy (non-hydrogen) atoms. The van der Waals surface area contributed by atoms with Gasteiger partial charge >= 0.3 is 0 Å². The number of aromatic amines is 1. The highest BCUT2D eigenvalue weighted by Gasteiger charge is 2.06. The van der Waals surface area contributed by atoms with Crippen LogP contribution >= 0.6 is 15.9 Å². The Morgan fingerprint density at radius 1 is 1.62 bits per heavy atom. The van der Waals surface area contributed by atoms with E-state index in [9.17, 15) is 4.79 Å². The van der Waals surface area contributed by atoms with Gasteiger partial charge in [0.1, 0.15) is 10.3 Å². The predicted molar refractivity (Wildman–Crippen MR) is 68.8 cm³/mol. The molecule has 0 atom stereocenters. The molecule has 0 radical (unpaired) electrons. The van der Waals surface area contributed by atoms with Crippen LogP contribution in [0.15, 0.2) is 15.6 Å². The highest BCUT2D eigenvalue weighted by Crippen LogP contribution is 2.12. The van der Waals surface area contributed by atoms with Gasteiger partial charge in [0, 0.05) is 19.1 Å². The molecule has 0 bridgehead atoms. The summed E-state index contributed by atoms with van der Waals surface area (Å²) in [6, 6.07) is 0.511. The van der Waals surface area contributed by atoms with E-state index in [1.165, 1.54) is 6.33 Å². The third-order valence-corrected chi connectivity index (χ3v) is 3.17. The number of nitrogens with zero attached hydrogens (tertiary/aromatic N) is 2. The topological polar surface area (TPSA) is 61.0 Å². The summed E-state index contributed by atoms with van der Waals surface area (Å²) in [5.41, 5.74) is -0.172. The van der Waals surface area contributed by atoms with Crippen LogP contribution in [0.3, 0.4) is 0 Å². The molecule has 1 rings (SSSR count). The van der Waals surface area contributed by atoms with Gasteiger partial charge in [-0.1, -0.05) is 0 Å². The normalized spacial score (nSPS) is 11.1. The van der Waals surface area contributed by atoms with E-state index >= 15 is 0 Å². The Morgan fingerprint density at radius 3 is 2.94 bits per heavy atom. The molecular formula is C10H17BrN4O.